The molecule has 0 unspecified atom stereocenters. The molecule has 0 aliphatic carbocycles. The Morgan fingerprint density at radius 1 is 1.17 bits per heavy atom. The first-order chi connectivity index (χ1) is 14.3. The first-order valence-electron chi connectivity index (χ1n) is 9.91. The van der Waals surface area contributed by atoms with Gasteiger partial charge in [0.25, 0.3) is 5.56 Å². The number of carbonyl (C=O) groups is 1. The maximum absolute atomic E-state index is 13.1. The number of rotatable bonds is 6. The lowest BCUT2D eigenvalue weighted by Crippen LogP contribution is -2.46. The van der Waals surface area contributed by atoms with Crippen molar-refractivity contribution in [1.29, 1.82) is 0 Å². The second kappa shape index (κ2) is 8.95. The van der Waals surface area contributed by atoms with Crippen molar-refractivity contribution in [3.63, 3.8) is 0 Å². The van der Waals surface area contributed by atoms with E-state index in [9.17, 15) is 9.59 Å². The lowest BCUT2D eigenvalue weighted by Gasteiger charge is -2.28. The number of hydrogen-bond donors (Lipinski definition) is 1. The predicted molar refractivity (Wildman–Crippen MR) is 119 cm³/mol. The van der Waals surface area contributed by atoms with Crippen molar-refractivity contribution in [1.82, 2.24) is 15.1 Å². The molecule has 0 fully saturated rings. The van der Waals surface area contributed by atoms with Crippen molar-refractivity contribution in [2.75, 3.05) is 0 Å². The zero-order valence-corrected chi connectivity index (χ0v) is 17.5. The van der Waals surface area contributed by atoms with Gasteiger partial charge in [-0.25, -0.2) is 9.48 Å². The summed E-state index contributed by atoms with van der Waals surface area (Å²) >= 11 is 0. The summed E-state index contributed by atoms with van der Waals surface area (Å²) in [5.74, 6) is 0. The van der Waals surface area contributed by atoms with Crippen LogP contribution in [0, 0.1) is 0 Å². The van der Waals surface area contributed by atoms with Crippen LogP contribution in [-0.2, 0) is 11.2 Å². The van der Waals surface area contributed by atoms with E-state index in [4.69, 9.17) is 4.74 Å². The first kappa shape index (κ1) is 21.3. The van der Waals surface area contributed by atoms with E-state index in [2.05, 4.69) is 17.0 Å². The average molecular weight is 405 g/mol. The summed E-state index contributed by atoms with van der Waals surface area (Å²) in [5, 5.41) is 8.61. The van der Waals surface area contributed by atoms with Crippen molar-refractivity contribution in [3.05, 3.63) is 89.4 Å². The molecule has 0 aliphatic heterocycles. The topological polar surface area (TPSA) is 73.2 Å². The smallest absolute Gasteiger partial charge is 0.407 e. The van der Waals surface area contributed by atoms with Gasteiger partial charge in [-0.2, -0.15) is 5.10 Å². The van der Waals surface area contributed by atoms with Crippen molar-refractivity contribution < 1.29 is 9.53 Å². The molecule has 1 amide bonds. The molecule has 0 spiro atoms. The maximum Gasteiger partial charge on any atom is 0.407 e. The van der Waals surface area contributed by atoms with E-state index in [0.29, 0.717) is 11.8 Å². The molecule has 1 N–H and O–H groups in total. The van der Waals surface area contributed by atoms with Crippen LogP contribution >= 0.6 is 0 Å². The summed E-state index contributed by atoms with van der Waals surface area (Å²) in [6.45, 7) is 9.33. The quantitative estimate of drug-likeness (QED) is 0.622. The zero-order valence-electron chi connectivity index (χ0n) is 17.5. The highest BCUT2D eigenvalue weighted by Gasteiger charge is 2.27. The van der Waals surface area contributed by atoms with Crippen LogP contribution in [0.5, 0.6) is 0 Å². The summed E-state index contributed by atoms with van der Waals surface area (Å²) < 4.78 is 6.82. The van der Waals surface area contributed by atoms with Crippen LogP contribution < -0.4 is 10.9 Å². The normalized spacial score (nSPS) is 13.4. The number of hydrogen-bond acceptors (Lipinski definition) is 4. The molecule has 6 nitrogen and oxygen atoms in total. The Morgan fingerprint density at radius 3 is 2.50 bits per heavy atom. The highest BCUT2D eigenvalue weighted by Crippen LogP contribution is 2.18. The highest BCUT2D eigenvalue weighted by molar-refractivity contribution is 5.80. The zero-order chi connectivity index (χ0) is 21.7. The molecule has 2 atom stereocenters. The molecule has 30 heavy (non-hydrogen) atoms. The molecule has 1 aromatic heterocycles. The van der Waals surface area contributed by atoms with E-state index in [-0.39, 0.29) is 5.56 Å². The van der Waals surface area contributed by atoms with Gasteiger partial charge in [-0.15, -0.1) is 6.58 Å². The number of alkyl carbamates (subject to hydrolysis) is 1. The van der Waals surface area contributed by atoms with E-state index in [0.717, 1.165) is 10.9 Å². The summed E-state index contributed by atoms with van der Waals surface area (Å²) in [6.07, 6.45) is 3.22. The summed E-state index contributed by atoms with van der Waals surface area (Å²) in [5.41, 5.74) is 0.143. The number of benzene rings is 2. The van der Waals surface area contributed by atoms with Gasteiger partial charge >= 0.3 is 6.09 Å². The molecule has 6 heteroatoms. The van der Waals surface area contributed by atoms with E-state index >= 15 is 0 Å². The first-order valence-corrected chi connectivity index (χ1v) is 9.91. The molecule has 0 saturated heterocycles. The third-order valence-corrected chi connectivity index (χ3v) is 4.66. The van der Waals surface area contributed by atoms with Crippen LogP contribution in [0.15, 0.2) is 78.2 Å². The molecule has 3 rings (SSSR count). The maximum atomic E-state index is 13.1. The Kier molecular flexibility index (Phi) is 6.35. The fraction of sp³-hybridized carbons (Fsp3) is 0.292. The van der Waals surface area contributed by atoms with Crippen molar-refractivity contribution in [2.45, 2.75) is 44.9 Å². The summed E-state index contributed by atoms with van der Waals surface area (Å²) in [7, 11) is 0. The van der Waals surface area contributed by atoms with Crippen LogP contribution in [0.2, 0.25) is 0 Å². The van der Waals surface area contributed by atoms with Gasteiger partial charge < -0.3 is 10.1 Å². The minimum atomic E-state index is -0.636. The third-order valence-electron chi connectivity index (χ3n) is 4.66. The SMILES string of the molecule is C=C[C@@H]([C@H](Cc1ccccc1)NC(=O)OC(C)(C)C)n1ncc2ccccc2c1=O. The van der Waals surface area contributed by atoms with Crippen LogP contribution in [0.1, 0.15) is 32.4 Å². The minimum absolute atomic E-state index is 0.234. The Labute approximate surface area is 176 Å². The molecule has 1 heterocycles. The number of ether oxygens (including phenoxy) is 1. The number of nitrogens with one attached hydrogen (secondary N) is 1. The number of fused-ring (bicyclic) bond motifs is 1. The molecule has 2 aromatic carbocycles. The van der Waals surface area contributed by atoms with Gasteiger partial charge in [-0.3, -0.25) is 4.79 Å². The Balaban J connectivity index is 1.99. The van der Waals surface area contributed by atoms with Crippen LogP contribution in [0.3, 0.4) is 0 Å². The monoisotopic (exact) mass is 405 g/mol. The minimum Gasteiger partial charge on any atom is -0.444 e. The predicted octanol–water partition coefficient (Wildman–Crippen LogP) is 4.26. The second-order valence-corrected chi connectivity index (χ2v) is 8.15. The van der Waals surface area contributed by atoms with Crippen LogP contribution in [0.4, 0.5) is 4.79 Å². The van der Waals surface area contributed by atoms with Gasteiger partial charge in [-0.1, -0.05) is 54.6 Å². The molecule has 0 radical (unpaired) electrons. The lowest BCUT2D eigenvalue weighted by atomic mass is 9.99. The van der Waals surface area contributed by atoms with Crippen molar-refractivity contribution in [2.24, 2.45) is 0 Å². The van der Waals surface area contributed by atoms with E-state index in [1.807, 2.05) is 48.5 Å². The molecule has 156 valence electrons. The Bertz CT molecular complexity index is 1080. The van der Waals surface area contributed by atoms with Gasteiger partial charge in [0.15, 0.2) is 0 Å². The fourth-order valence-corrected chi connectivity index (χ4v) is 3.34. The van der Waals surface area contributed by atoms with Crippen molar-refractivity contribution >= 4 is 16.9 Å². The number of aromatic nitrogens is 2. The van der Waals surface area contributed by atoms with E-state index in [1.54, 1.807) is 39.1 Å². The van der Waals surface area contributed by atoms with Crippen LogP contribution in [0.25, 0.3) is 10.8 Å². The Hall–Kier alpha value is -3.41. The summed E-state index contributed by atoms with van der Waals surface area (Å²) in [6, 6.07) is 16.0. The van der Waals surface area contributed by atoms with Gasteiger partial charge in [0.1, 0.15) is 5.60 Å². The molecule has 0 aliphatic rings. The van der Waals surface area contributed by atoms with Crippen molar-refractivity contribution in [3.8, 4) is 0 Å². The average Bonchev–Trinajstić information content (AvgIpc) is 2.69. The van der Waals surface area contributed by atoms with Crippen LogP contribution in [-0.4, -0.2) is 27.5 Å². The van der Waals surface area contributed by atoms with Gasteiger partial charge in [0.2, 0.25) is 0 Å². The van der Waals surface area contributed by atoms with E-state index < -0.39 is 23.8 Å². The molecule has 0 bridgehead atoms. The number of nitrogens with zero attached hydrogens (tertiary/aromatic N) is 2. The summed E-state index contributed by atoms with van der Waals surface area (Å²) in [4.78, 5) is 25.6. The Morgan fingerprint density at radius 2 is 1.83 bits per heavy atom. The third kappa shape index (κ3) is 5.14. The second-order valence-electron chi connectivity index (χ2n) is 8.15. The van der Waals surface area contributed by atoms with Gasteiger partial charge in [-0.05, 0) is 38.8 Å². The number of carbonyl (C=O) groups excluding carboxylic acids is 1. The molecule has 0 saturated carbocycles. The molecular formula is C24H27N3O3. The molecule has 3 aromatic rings. The fourth-order valence-electron chi connectivity index (χ4n) is 3.34. The van der Waals surface area contributed by atoms with Gasteiger partial charge in [0.05, 0.1) is 23.7 Å². The standard InChI is InChI=1S/C24H27N3O3/c1-5-21(27-22(28)19-14-10-9-13-18(19)16-25-27)20(15-17-11-7-6-8-12-17)26-23(29)30-24(2,3)4/h5-14,16,20-21H,1,15H2,2-4H3,(H,26,29)/t20-,21-/m0/s1. The molecular weight excluding hydrogens is 378 g/mol. The largest absolute Gasteiger partial charge is 0.444 e. The lowest BCUT2D eigenvalue weighted by molar-refractivity contribution is 0.0491. The van der Waals surface area contributed by atoms with E-state index in [1.165, 1.54) is 4.68 Å². The van der Waals surface area contributed by atoms with Gasteiger partial charge in [0, 0.05) is 5.39 Å². The number of amides is 1. The highest BCUT2D eigenvalue weighted by atomic mass is 16.6.